The molecule has 0 N–H and O–H groups in total. The molecule has 0 bridgehead atoms. The van der Waals surface area contributed by atoms with Gasteiger partial charge >= 0.3 is 0 Å². The number of hydrogen-bond donors (Lipinski definition) is 0. The number of benzene rings is 1. The largest absolute Gasteiger partial charge is 0.318 e. The van der Waals surface area contributed by atoms with E-state index >= 15 is 0 Å². The first-order valence-electron chi connectivity index (χ1n) is 6.24. The van der Waals surface area contributed by atoms with E-state index in [9.17, 15) is 0 Å². The zero-order valence-electron chi connectivity index (χ0n) is 10.6. The van der Waals surface area contributed by atoms with Gasteiger partial charge in [-0.3, -0.25) is 4.98 Å². The highest BCUT2D eigenvalue weighted by atomic mass is 35.5. The minimum Gasteiger partial charge on any atom is -0.318 e. The Morgan fingerprint density at radius 3 is 2.68 bits per heavy atom. The molecular weight excluding hydrogens is 258 g/mol. The Morgan fingerprint density at radius 2 is 1.95 bits per heavy atom. The molecule has 0 saturated heterocycles. The number of aromatic nitrogens is 3. The SMILES string of the molecule is CC(c1ccccn1)n1c(CCl)nc2ccccc21. The molecule has 0 amide bonds. The van der Waals surface area contributed by atoms with Crippen LogP contribution < -0.4 is 0 Å². The second-order valence-electron chi connectivity index (χ2n) is 4.45. The van der Waals surface area contributed by atoms with Crippen LogP contribution >= 0.6 is 11.6 Å². The second kappa shape index (κ2) is 5.02. The standard InChI is InChI=1S/C15H14ClN3/c1-11(12-6-4-5-9-17-12)19-14-8-3-2-7-13(14)18-15(19)10-16/h2-9,11H,10H2,1H3. The van der Waals surface area contributed by atoms with Gasteiger partial charge in [0.05, 0.1) is 28.6 Å². The zero-order chi connectivity index (χ0) is 13.2. The van der Waals surface area contributed by atoms with E-state index in [2.05, 4.69) is 27.5 Å². The number of halogens is 1. The third kappa shape index (κ3) is 2.10. The van der Waals surface area contributed by atoms with Gasteiger partial charge in [0.1, 0.15) is 5.82 Å². The van der Waals surface area contributed by atoms with E-state index in [4.69, 9.17) is 11.6 Å². The number of hydrogen-bond acceptors (Lipinski definition) is 2. The first-order valence-corrected chi connectivity index (χ1v) is 6.77. The molecule has 0 spiro atoms. The molecule has 3 rings (SSSR count). The Morgan fingerprint density at radius 1 is 1.16 bits per heavy atom. The highest BCUT2D eigenvalue weighted by Crippen LogP contribution is 2.25. The average molecular weight is 272 g/mol. The van der Waals surface area contributed by atoms with Crippen molar-refractivity contribution in [2.75, 3.05) is 0 Å². The predicted molar refractivity (Wildman–Crippen MR) is 77.3 cm³/mol. The summed E-state index contributed by atoms with van der Waals surface area (Å²) in [5.74, 6) is 1.27. The lowest BCUT2D eigenvalue weighted by molar-refractivity contribution is 0.616. The van der Waals surface area contributed by atoms with Crippen LogP contribution in [0.2, 0.25) is 0 Å². The van der Waals surface area contributed by atoms with Crippen LogP contribution in [0, 0.1) is 0 Å². The van der Waals surface area contributed by atoms with Gasteiger partial charge in [-0.05, 0) is 31.2 Å². The van der Waals surface area contributed by atoms with Gasteiger partial charge in [0.15, 0.2) is 0 Å². The monoisotopic (exact) mass is 271 g/mol. The molecule has 0 aliphatic carbocycles. The molecule has 4 heteroatoms. The Labute approximate surface area is 116 Å². The Kier molecular flexibility index (Phi) is 3.22. The van der Waals surface area contributed by atoms with Crippen molar-refractivity contribution >= 4 is 22.6 Å². The van der Waals surface area contributed by atoms with Gasteiger partial charge in [-0.25, -0.2) is 4.98 Å². The molecule has 96 valence electrons. The Bertz CT molecular complexity index is 691. The van der Waals surface area contributed by atoms with E-state index in [1.807, 2.05) is 42.6 Å². The van der Waals surface area contributed by atoms with Crippen molar-refractivity contribution in [2.24, 2.45) is 0 Å². The predicted octanol–water partition coefficient (Wildman–Crippen LogP) is 3.78. The summed E-state index contributed by atoms with van der Waals surface area (Å²) in [6.45, 7) is 2.12. The summed E-state index contributed by atoms with van der Waals surface area (Å²) in [4.78, 5) is 9.01. The van der Waals surface area contributed by atoms with Gasteiger partial charge < -0.3 is 4.57 Å². The maximum absolute atomic E-state index is 6.03. The Hall–Kier alpha value is -1.87. The molecule has 0 aliphatic heterocycles. The molecule has 0 aliphatic rings. The number of nitrogens with zero attached hydrogens (tertiary/aromatic N) is 3. The molecule has 2 aromatic heterocycles. The highest BCUT2D eigenvalue weighted by molar-refractivity contribution is 6.16. The van der Waals surface area contributed by atoms with E-state index < -0.39 is 0 Å². The number of alkyl halides is 1. The summed E-state index contributed by atoms with van der Waals surface area (Å²) in [5.41, 5.74) is 3.08. The van der Waals surface area contributed by atoms with Crippen LogP contribution in [0.3, 0.4) is 0 Å². The summed E-state index contributed by atoms with van der Waals surface area (Å²) in [6, 6.07) is 14.1. The van der Waals surface area contributed by atoms with E-state index in [0.717, 1.165) is 22.6 Å². The van der Waals surface area contributed by atoms with E-state index in [0.29, 0.717) is 5.88 Å². The van der Waals surface area contributed by atoms with Gasteiger partial charge in [-0.1, -0.05) is 18.2 Å². The molecule has 0 fully saturated rings. The third-order valence-corrected chi connectivity index (χ3v) is 3.53. The fraction of sp³-hybridized carbons (Fsp3) is 0.200. The topological polar surface area (TPSA) is 30.7 Å². The van der Waals surface area contributed by atoms with Crippen LogP contribution in [0.4, 0.5) is 0 Å². The van der Waals surface area contributed by atoms with Crippen molar-refractivity contribution in [3.05, 3.63) is 60.2 Å². The minimum absolute atomic E-state index is 0.113. The van der Waals surface area contributed by atoms with Gasteiger partial charge in [0.2, 0.25) is 0 Å². The van der Waals surface area contributed by atoms with Crippen molar-refractivity contribution in [2.45, 2.75) is 18.8 Å². The molecule has 2 heterocycles. The fourth-order valence-electron chi connectivity index (χ4n) is 2.38. The first kappa shape index (κ1) is 12.2. The van der Waals surface area contributed by atoms with Crippen LogP contribution in [-0.2, 0) is 5.88 Å². The molecular formula is C15H14ClN3. The molecule has 1 atom stereocenters. The third-order valence-electron chi connectivity index (χ3n) is 3.29. The number of para-hydroxylation sites is 2. The van der Waals surface area contributed by atoms with Crippen LogP contribution in [0.5, 0.6) is 0 Å². The van der Waals surface area contributed by atoms with E-state index in [1.165, 1.54) is 0 Å². The lowest BCUT2D eigenvalue weighted by atomic mass is 10.2. The fourth-order valence-corrected chi connectivity index (χ4v) is 2.56. The van der Waals surface area contributed by atoms with Crippen molar-refractivity contribution in [1.82, 2.24) is 14.5 Å². The van der Waals surface area contributed by atoms with Crippen LogP contribution in [0.1, 0.15) is 24.5 Å². The summed E-state index contributed by atoms with van der Waals surface area (Å²) < 4.78 is 2.16. The van der Waals surface area contributed by atoms with E-state index in [-0.39, 0.29) is 6.04 Å². The van der Waals surface area contributed by atoms with Crippen LogP contribution in [0.25, 0.3) is 11.0 Å². The van der Waals surface area contributed by atoms with E-state index in [1.54, 1.807) is 0 Å². The van der Waals surface area contributed by atoms with Gasteiger partial charge in [0.25, 0.3) is 0 Å². The normalized spacial score (nSPS) is 12.7. The first-order chi connectivity index (χ1) is 9.31. The summed E-state index contributed by atoms with van der Waals surface area (Å²) >= 11 is 6.03. The maximum Gasteiger partial charge on any atom is 0.125 e. The van der Waals surface area contributed by atoms with Crippen molar-refractivity contribution in [1.29, 1.82) is 0 Å². The zero-order valence-corrected chi connectivity index (χ0v) is 11.4. The summed E-state index contributed by atoms with van der Waals surface area (Å²) in [6.07, 6.45) is 1.81. The lowest BCUT2D eigenvalue weighted by Crippen LogP contribution is -2.11. The minimum atomic E-state index is 0.113. The van der Waals surface area contributed by atoms with Crippen molar-refractivity contribution in [3.63, 3.8) is 0 Å². The van der Waals surface area contributed by atoms with Crippen LogP contribution in [0.15, 0.2) is 48.7 Å². The molecule has 0 radical (unpaired) electrons. The Balaban J connectivity index is 2.18. The summed E-state index contributed by atoms with van der Waals surface area (Å²) in [5, 5.41) is 0. The molecule has 0 saturated carbocycles. The van der Waals surface area contributed by atoms with Crippen molar-refractivity contribution < 1.29 is 0 Å². The molecule has 3 aromatic rings. The maximum atomic E-state index is 6.03. The number of pyridine rings is 1. The highest BCUT2D eigenvalue weighted by Gasteiger charge is 2.16. The number of fused-ring (bicyclic) bond motifs is 1. The number of imidazole rings is 1. The summed E-state index contributed by atoms with van der Waals surface area (Å²) in [7, 11) is 0. The van der Waals surface area contributed by atoms with Gasteiger partial charge in [-0.2, -0.15) is 0 Å². The lowest BCUT2D eigenvalue weighted by Gasteiger charge is -2.16. The number of rotatable bonds is 3. The molecule has 1 unspecified atom stereocenters. The molecule has 1 aromatic carbocycles. The van der Waals surface area contributed by atoms with Gasteiger partial charge in [0, 0.05) is 6.20 Å². The smallest absolute Gasteiger partial charge is 0.125 e. The molecule has 3 nitrogen and oxygen atoms in total. The van der Waals surface area contributed by atoms with Crippen molar-refractivity contribution in [3.8, 4) is 0 Å². The van der Waals surface area contributed by atoms with Gasteiger partial charge in [-0.15, -0.1) is 11.6 Å². The average Bonchev–Trinajstić information content (AvgIpc) is 2.86. The second-order valence-corrected chi connectivity index (χ2v) is 4.72. The quantitative estimate of drug-likeness (QED) is 0.679. The molecule has 19 heavy (non-hydrogen) atoms. The van der Waals surface area contributed by atoms with Crippen LogP contribution in [-0.4, -0.2) is 14.5 Å².